The Kier molecular flexibility index (Phi) is 5.71. The lowest BCUT2D eigenvalue weighted by atomic mass is 9.79. The molecule has 2 unspecified atom stereocenters. The first-order valence-corrected chi connectivity index (χ1v) is 12.4. The lowest BCUT2D eigenvalue weighted by Gasteiger charge is -2.20. The van der Waals surface area contributed by atoms with Crippen molar-refractivity contribution in [1.82, 2.24) is 5.32 Å². The van der Waals surface area contributed by atoms with Crippen LogP contribution in [-0.2, 0) is 4.79 Å². The van der Waals surface area contributed by atoms with E-state index in [1.54, 1.807) is 6.92 Å². The molecule has 6 nitrogen and oxygen atoms in total. The third-order valence-electron chi connectivity index (χ3n) is 8.07. The Morgan fingerprint density at radius 3 is 1.77 bits per heavy atom. The Balaban J connectivity index is 1.64. The number of carbonyl (C=O) groups is 1. The fourth-order valence-electron chi connectivity index (χ4n) is 5.09. The largest absolute Gasteiger partial charge is 0.328 e. The molecule has 0 bridgehead atoms. The molecule has 0 saturated carbocycles. The molecule has 184 valence electrons. The number of aliphatic imine (C=N–C) groups is 3. The minimum Gasteiger partial charge on any atom is -0.328 e. The van der Waals surface area contributed by atoms with E-state index in [0.717, 1.165) is 53.5 Å². The zero-order chi connectivity index (χ0) is 26.0. The Hall–Kier alpha value is -3.07. The summed E-state index contributed by atoms with van der Waals surface area (Å²) in [5.41, 5.74) is 5.40. The number of nitriles is 1. The van der Waals surface area contributed by atoms with Gasteiger partial charge in [0, 0.05) is 75.4 Å². The standard InChI is InChI=1S/C29H37N5O/c1-17-25(35)34-24(29(17,9)16-30)12-21-15-28(7,8)23(33-21)11-20-14-27(5,6)22(32-20)10-19-13-26(3,4)18(2)31-19/h10-12,17H,2,13-15H2,1,3-9H3,(H,34,35)/b22-10-,23-11-,24-12-. The zero-order valence-electron chi connectivity index (χ0n) is 22.3. The van der Waals surface area contributed by atoms with E-state index >= 15 is 0 Å². The maximum Gasteiger partial charge on any atom is 0.229 e. The van der Waals surface area contributed by atoms with Gasteiger partial charge in [-0.2, -0.15) is 5.26 Å². The molecule has 35 heavy (non-hydrogen) atoms. The van der Waals surface area contributed by atoms with Crippen molar-refractivity contribution in [2.45, 2.75) is 74.7 Å². The van der Waals surface area contributed by atoms with E-state index in [9.17, 15) is 10.1 Å². The summed E-state index contributed by atoms with van der Waals surface area (Å²) < 4.78 is 0. The maximum absolute atomic E-state index is 12.2. The van der Waals surface area contributed by atoms with Gasteiger partial charge in [-0.3, -0.25) is 19.8 Å². The van der Waals surface area contributed by atoms with Gasteiger partial charge in [0.25, 0.3) is 0 Å². The van der Waals surface area contributed by atoms with Crippen molar-refractivity contribution in [1.29, 1.82) is 5.26 Å². The normalized spacial score (nSPS) is 34.3. The number of carbonyl (C=O) groups excluding carboxylic acids is 1. The molecule has 0 aromatic rings. The summed E-state index contributed by atoms with van der Waals surface area (Å²) in [6.45, 7) is 20.8. The lowest BCUT2D eigenvalue weighted by Crippen LogP contribution is -2.22. The van der Waals surface area contributed by atoms with Crippen LogP contribution in [0.3, 0.4) is 0 Å². The van der Waals surface area contributed by atoms with Gasteiger partial charge in [0.1, 0.15) is 5.41 Å². The van der Waals surface area contributed by atoms with Gasteiger partial charge in [0.05, 0.1) is 12.0 Å². The van der Waals surface area contributed by atoms with E-state index in [0.29, 0.717) is 5.70 Å². The average molecular weight is 472 g/mol. The molecule has 0 aromatic heterocycles. The first-order valence-electron chi connectivity index (χ1n) is 12.4. The van der Waals surface area contributed by atoms with Crippen LogP contribution in [0.2, 0.25) is 0 Å². The van der Waals surface area contributed by atoms with Crippen molar-refractivity contribution in [2.24, 2.45) is 42.6 Å². The number of hydrogen-bond acceptors (Lipinski definition) is 5. The minimum absolute atomic E-state index is 0.00460. The molecule has 4 aliphatic rings. The first-order chi connectivity index (χ1) is 16.1. The second kappa shape index (κ2) is 7.98. The summed E-state index contributed by atoms with van der Waals surface area (Å²) in [7, 11) is 0. The summed E-state index contributed by atoms with van der Waals surface area (Å²) in [5.74, 6) is -0.508. The minimum atomic E-state index is -0.863. The second-order valence-electron chi connectivity index (χ2n) is 12.6. The van der Waals surface area contributed by atoms with Crippen LogP contribution in [0.15, 0.2) is 62.6 Å². The number of hydrogen-bond donors (Lipinski definition) is 1. The predicted molar refractivity (Wildman–Crippen MR) is 142 cm³/mol. The highest BCUT2D eigenvalue weighted by Gasteiger charge is 2.47. The smallest absolute Gasteiger partial charge is 0.229 e. The highest BCUT2D eigenvalue weighted by molar-refractivity contribution is 6.05. The van der Waals surface area contributed by atoms with Gasteiger partial charge in [0.15, 0.2) is 0 Å². The third kappa shape index (κ3) is 4.37. The van der Waals surface area contributed by atoms with Crippen molar-refractivity contribution >= 4 is 23.0 Å². The molecule has 6 heteroatoms. The van der Waals surface area contributed by atoms with E-state index in [2.05, 4.69) is 76.7 Å². The van der Waals surface area contributed by atoms with Crippen molar-refractivity contribution in [3.63, 3.8) is 0 Å². The molecule has 1 N–H and O–H groups in total. The van der Waals surface area contributed by atoms with Crippen molar-refractivity contribution in [3.8, 4) is 6.07 Å². The molecule has 0 radical (unpaired) electrons. The molecular weight excluding hydrogens is 434 g/mol. The Morgan fingerprint density at radius 1 is 0.857 bits per heavy atom. The predicted octanol–water partition coefficient (Wildman–Crippen LogP) is 6.06. The van der Waals surface area contributed by atoms with Gasteiger partial charge in [-0.1, -0.05) is 55.0 Å². The first kappa shape index (κ1) is 25.0. The summed E-state index contributed by atoms with van der Waals surface area (Å²) in [5, 5.41) is 12.7. The molecule has 0 aliphatic carbocycles. The summed E-state index contributed by atoms with van der Waals surface area (Å²) in [6, 6.07) is 2.32. The molecule has 0 aromatic carbocycles. The van der Waals surface area contributed by atoms with Gasteiger partial charge in [-0.25, -0.2) is 0 Å². The van der Waals surface area contributed by atoms with Crippen LogP contribution in [-0.4, -0.2) is 23.0 Å². The van der Waals surface area contributed by atoms with E-state index in [4.69, 9.17) is 9.98 Å². The lowest BCUT2D eigenvalue weighted by molar-refractivity contribution is -0.122. The monoisotopic (exact) mass is 471 g/mol. The van der Waals surface area contributed by atoms with Gasteiger partial charge in [0.2, 0.25) is 5.91 Å². The molecule has 2 atom stereocenters. The Morgan fingerprint density at radius 2 is 1.31 bits per heavy atom. The average Bonchev–Trinajstić information content (AvgIpc) is 3.34. The van der Waals surface area contributed by atoms with Gasteiger partial charge in [-0.15, -0.1) is 0 Å². The van der Waals surface area contributed by atoms with Crippen LogP contribution < -0.4 is 5.32 Å². The highest BCUT2D eigenvalue weighted by Crippen LogP contribution is 2.44. The Labute approximate surface area is 209 Å². The third-order valence-corrected chi connectivity index (χ3v) is 8.07. The maximum atomic E-state index is 12.2. The van der Waals surface area contributed by atoms with Gasteiger partial charge < -0.3 is 5.32 Å². The summed E-state index contributed by atoms with van der Waals surface area (Å²) in [6.07, 6.45) is 8.60. The van der Waals surface area contributed by atoms with E-state index < -0.39 is 11.3 Å². The number of rotatable bonds is 3. The van der Waals surface area contributed by atoms with Gasteiger partial charge in [-0.05, 0) is 25.2 Å². The number of allylic oxidation sites excluding steroid dienone is 7. The van der Waals surface area contributed by atoms with Crippen LogP contribution >= 0.6 is 0 Å². The van der Waals surface area contributed by atoms with Crippen LogP contribution in [0.5, 0.6) is 0 Å². The number of amides is 1. The van der Waals surface area contributed by atoms with Gasteiger partial charge >= 0.3 is 0 Å². The molecule has 1 amide bonds. The topological polar surface area (TPSA) is 90.0 Å². The van der Waals surface area contributed by atoms with Crippen molar-refractivity contribution < 1.29 is 4.79 Å². The molecule has 1 fully saturated rings. The zero-order valence-corrected chi connectivity index (χ0v) is 22.3. The summed E-state index contributed by atoms with van der Waals surface area (Å²) in [4.78, 5) is 26.8. The Bertz CT molecular complexity index is 1240. The fourth-order valence-corrected chi connectivity index (χ4v) is 5.09. The van der Waals surface area contributed by atoms with E-state index in [1.807, 2.05) is 13.0 Å². The van der Waals surface area contributed by atoms with E-state index in [-0.39, 0.29) is 22.2 Å². The molecule has 1 saturated heterocycles. The van der Waals surface area contributed by atoms with Crippen molar-refractivity contribution in [3.05, 3.63) is 47.6 Å². The van der Waals surface area contributed by atoms with Crippen LogP contribution in [0.25, 0.3) is 0 Å². The van der Waals surface area contributed by atoms with Crippen molar-refractivity contribution in [2.75, 3.05) is 0 Å². The summed E-state index contributed by atoms with van der Waals surface area (Å²) >= 11 is 0. The molecule has 4 heterocycles. The number of nitrogens with one attached hydrogen (secondary N) is 1. The number of nitrogens with zero attached hydrogens (tertiary/aromatic N) is 4. The SMILES string of the molecule is C=C1N=C(/C=C2N=C(/C=C3N=C(/C=C4\NC(=O)C(C)C4(C)C#N)CC\3(C)C)CC\2(C)C)CC1(C)C. The highest BCUT2D eigenvalue weighted by atomic mass is 16.2. The van der Waals surface area contributed by atoms with Crippen LogP contribution in [0.1, 0.15) is 74.7 Å². The van der Waals surface area contributed by atoms with Crippen LogP contribution in [0, 0.1) is 38.9 Å². The fraction of sp³-hybridized carbons (Fsp3) is 0.552. The quantitative estimate of drug-likeness (QED) is 0.542. The molecule has 4 rings (SSSR count). The second-order valence-corrected chi connectivity index (χ2v) is 12.6. The molecule has 0 spiro atoms. The molecular formula is C29H37N5O. The van der Waals surface area contributed by atoms with Crippen LogP contribution in [0.4, 0.5) is 0 Å². The molecule has 4 aliphatic heterocycles. The van der Waals surface area contributed by atoms with E-state index in [1.165, 1.54) is 0 Å².